The van der Waals surface area contributed by atoms with Gasteiger partial charge in [0.2, 0.25) is 0 Å². The molecule has 0 fully saturated rings. The van der Waals surface area contributed by atoms with E-state index in [1.54, 1.807) is 0 Å². The Labute approximate surface area is 294 Å². The third kappa shape index (κ3) is 4.67. The highest BCUT2D eigenvalue weighted by Crippen LogP contribution is 2.43. The van der Waals surface area contributed by atoms with E-state index >= 15 is 0 Å². The maximum absolute atomic E-state index is 5.45. The number of thiophene rings is 1. The summed E-state index contributed by atoms with van der Waals surface area (Å²) in [6.45, 7) is 0. The summed E-state index contributed by atoms with van der Waals surface area (Å²) in [5, 5.41) is 5.04. The van der Waals surface area contributed by atoms with Crippen LogP contribution < -0.4 is 0 Å². The summed E-state index contributed by atoms with van der Waals surface area (Å²) in [6, 6.07) is 65.4. The summed E-state index contributed by atoms with van der Waals surface area (Å²) >= 11 is 1.85. The quantitative estimate of drug-likeness (QED) is 0.181. The van der Waals surface area contributed by atoms with Crippen LogP contribution in [0, 0.1) is 0 Å². The third-order valence-electron chi connectivity index (χ3n) is 9.79. The molecule has 0 aliphatic heterocycles. The van der Waals surface area contributed by atoms with Gasteiger partial charge in [-0.25, -0.2) is 4.98 Å². The van der Waals surface area contributed by atoms with Crippen molar-refractivity contribution in [3.63, 3.8) is 0 Å². The molecule has 10 rings (SSSR count). The normalized spacial score (nSPS) is 11.6. The van der Waals surface area contributed by atoms with E-state index in [0.717, 1.165) is 33.8 Å². The summed E-state index contributed by atoms with van der Waals surface area (Å²) in [6.07, 6.45) is 0. The van der Waals surface area contributed by atoms with Crippen molar-refractivity contribution in [1.29, 1.82) is 0 Å². The second-order valence-electron chi connectivity index (χ2n) is 12.7. The van der Waals surface area contributed by atoms with Crippen molar-refractivity contribution >= 4 is 53.3 Å². The van der Waals surface area contributed by atoms with Gasteiger partial charge in [0, 0.05) is 47.8 Å². The minimum atomic E-state index is 0.956. The van der Waals surface area contributed by atoms with Gasteiger partial charge >= 0.3 is 0 Å². The predicted molar refractivity (Wildman–Crippen MR) is 213 cm³/mol. The number of fused-ring (bicyclic) bond motifs is 6. The van der Waals surface area contributed by atoms with Crippen molar-refractivity contribution in [2.24, 2.45) is 0 Å². The maximum atomic E-state index is 5.45. The van der Waals surface area contributed by atoms with Gasteiger partial charge in [0.05, 0.1) is 22.4 Å². The molecule has 0 bridgehead atoms. The van der Waals surface area contributed by atoms with Crippen LogP contribution >= 0.6 is 11.3 Å². The molecule has 0 aliphatic rings. The number of aromatic nitrogens is 2. The number of nitrogens with zero attached hydrogens (tertiary/aromatic N) is 2. The van der Waals surface area contributed by atoms with Gasteiger partial charge in [0.1, 0.15) is 0 Å². The molecule has 10 aromatic rings. The highest BCUT2D eigenvalue weighted by Gasteiger charge is 2.19. The van der Waals surface area contributed by atoms with E-state index < -0.39 is 0 Å². The zero-order valence-electron chi connectivity index (χ0n) is 27.1. The fraction of sp³-hybridized carbons (Fsp3) is 0. The third-order valence-corrected chi connectivity index (χ3v) is 11.0. The summed E-state index contributed by atoms with van der Waals surface area (Å²) in [5.41, 5.74) is 12.4. The van der Waals surface area contributed by atoms with E-state index in [1.165, 1.54) is 58.7 Å². The summed E-state index contributed by atoms with van der Waals surface area (Å²) in [7, 11) is 0. The standard InChI is InChI=1S/C47H30N2S/c1-3-14-31(15-4-1)32-16-11-17-33(28-32)41-29-34(30-42(48-41)39-24-12-23-38-37-20-8-10-27-45(37)50-47(38)39)36-22-13-26-44-46(36)40-21-7-9-25-43(40)49(44)35-18-5-2-6-19-35/h1-30H. The monoisotopic (exact) mass is 654 g/mol. The maximum Gasteiger partial charge on any atom is 0.0730 e. The van der Waals surface area contributed by atoms with Crippen molar-refractivity contribution in [2.45, 2.75) is 0 Å². The highest BCUT2D eigenvalue weighted by atomic mass is 32.1. The first-order valence-corrected chi connectivity index (χ1v) is 17.8. The fourth-order valence-corrected chi connectivity index (χ4v) is 8.75. The molecule has 0 unspecified atom stereocenters. The number of para-hydroxylation sites is 2. The lowest BCUT2D eigenvalue weighted by Gasteiger charge is -2.13. The van der Waals surface area contributed by atoms with Crippen molar-refractivity contribution in [2.75, 3.05) is 0 Å². The molecule has 234 valence electrons. The van der Waals surface area contributed by atoms with Crippen LogP contribution in [0.25, 0.3) is 92.4 Å². The van der Waals surface area contributed by atoms with Gasteiger partial charge in [-0.2, -0.15) is 0 Å². The van der Waals surface area contributed by atoms with E-state index in [9.17, 15) is 0 Å². The number of benzene rings is 7. The van der Waals surface area contributed by atoms with E-state index in [2.05, 4.69) is 187 Å². The molecular formula is C47H30N2S. The number of pyridine rings is 1. The van der Waals surface area contributed by atoms with Gasteiger partial charge in [0.15, 0.2) is 0 Å². The first kappa shape index (κ1) is 28.7. The second kappa shape index (κ2) is 11.7. The molecule has 3 aromatic heterocycles. The first-order valence-electron chi connectivity index (χ1n) is 17.0. The zero-order chi connectivity index (χ0) is 33.0. The molecule has 0 aliphatic carbocycles. The average Bonchev–Trinajstić information content (AvgIpc) is 3.75. The topological polar surface area (TPSA) is 17.8 Å². The van der Waals surface area contributed by atoms with E-state index in [0.29, 0.717) is 0 Å². The molecule has 0 radical (unpaired) electrons. The van der Waals surface area contributed by atoms with Gasteiger partial charge in [-0.1, -0.05) is 133 Å². The molecule has 3 heteroatoms. The fourth-order valence-electron chi connectivity index (χ4n) is 7.52. The molecule has 0 atom stereocenters. The Morgan fingerprint density at radius 1 is 0.400 bits per heavy atom. The van der Waals surface area contributed by atoms with Crippen LogP contribution in [0.15, 0.2) is 182 Å². The number of rotatable bonds is 5. The van der Waals surface area contributed by atoms with Crippen molar-refractivity contribution < 1.29 is 0 Å². The Kier molecular flexibility index (Phi) is 6.71. The molecule has 0 amide bonds. The molecule has 0 saturated carbocycles. The van der Waals surface area contributed by atoms with Gasteiger partial charge in [-0.05, 0) is 70.8 Å². The zero-order valence-corrected chi connectivity index (χ0v) is 27.9. The van der Waals surface area contributed by atoms with Crippen molar-refractivity contribution in [1.82, 2.24) is 9.55 Å². The minimum absolute atomic E-state index is 0.956. The van der Waals surface area contributed by atoms with E-state index in [1.807, 2.05) is 11.3 Å². The van der Waals surface area contributed by atoms with Crippen LogP contribution in [0.3, 0.4) is 0 Å². The smallest absolute Gasteiger partial charge is 0.0730 e. The Morgan fingerprint density at radius 2 is 1.02 bits per heavy atom. The van der Waals surface area contributed by atoms with Crippen LogP contribution in [-0.4, -0.2) is 9.55 Å². The lowest BCUT2D eigenvalue weighted by molar-refractivity contribution is 1.18. The summed E-state index contributed by atoms with van der Waals surface area (Å²) in [5.74, 6) is 0. The van der Waals surface area contributed by atoms with Gasteiger partial charge in [-0.3, -0.25) is 0 Å². The molecular weight excluding hydrogens is 625 g/mol. The van der Waals surface area contributed by atoms with Crippen LogP contribution in [0.5, 0.6) is 0 Å². The molecule has 0 spiro atoms. The van der Waals surface area contributed by atoms with Crippen molar-refractivity contribution in [3.05, 3.63) is 182 Å². The lowest BCUT2D eigenvalue weighted by atomic mass is 9.95. The predicted octanol–water partition coefficient (Wildman–Crippen LogP) is 13.2. The minimum Gasteiger partial charge on any atom is -0.309 e. The molecule has 0 N–H and O–H groups in total. The summed E-state index contributed by atoms with van der Waals surface area (Å²) < 4.78 is 4.94. The molecule has 3 heterocycles. The number of hydrogen-bond acceptors (Lipinski definition) is 2. The van der Waals surface area contributed by atoms with Gasteiger partial charge in [0.25, 0.3) is 0 Å². The average molecular weight is 655 g/mol. The van der Waals surface area contributed by atoms with Crippen LogP contribution in [0.4, 0.5) is 0 Å². The van der Waals surface area contributed by atoms with E-state index in [4.69, 9.17) is 4.98 Å². The Hall–Kier alpha value is -6.29. The Morgan fingerprint density at radius 3 is 1.90 bits per heavy atom. The molecule has 2 nitrogen and oxygen atoms in total. The summed E-state index contributed by atoms with van der Waals surface area (Å²) in [4.78, 5) is 5.45. The van der Waals surface area contributed by atoms with Crippen LogP contribution in [-0.2, 0) is 0 Å². The van der Waals surface area contributed by atoms with Gasteiger partial charge < -0.3 is 4.57 Å². The first-order chi connectivity index (χ1) is 24.8. The van der Waals surface area contributed by atoms with E-state index in [-0.39, 0.29) is 0 Å². The lowest BCUT2D eigenvalue weighted by Crippen LogP contribution is -1.94. The SMILES string of the molecule is c1ccc(-c2cccc(-c3cc(-c4cccc5c4c4ccccc4n5-c4ccccc4)cc(-c4cccc5c4sc4ccccc45)n3)c2)cc1. The second-order valence-corrected chi connectivity index (χ2v) is 13.8. The number of hydrogen-bond donors (Lipinski definition) is 0. The van der Waals surface area contributed by atoms with Crippen LogP contribution in [0.2, 0.25) is 0 Å². The molecule has 0 saturated heterocycles. The Bertz CT molecular complexity index is 2860. The highest BCUT2D eigenvalue weighted by molar-refractivity contribution is 7.26. The van der Waals surface area contributed by atoms with Gasteiger partial charge in [-0.15, -0.1) is 11.3 Å². The molecule has 7 aromatic carbocycles. The largest absolute Gasteiger partial charge is 0.309 e. The van der Waals surface area contributed by atoms with Crippen molar-refractivity contribution in [3.8, 4) is 50.5 Å². The molecule has 50 heavy (non-hydrogen) atoms. The van der Waals surface area contributed by atoms with Crippen LogP contribution in [0.1, 0.15) is 0 Å². The Balaban J connectivity index is 1.26.